The molecule has 0 aromatic heterocycles. The van der Waals surface area contributed by atoms with Crippen LogP contribution in [0.5, 0.6) is 5.75 Å². The summed E-state index contributed by atoms with van der Waals surface area (Å²) in [6.45, 7) is 0.447. The van der Waals surface area contributed by atoms with Crippen molar-refractivity contribution in [2.45, 2.75) is 17.4 Å². The van der Waals surface area contributed by atoms with E-state index in [2.05, 4.69) is 10.6 Å². The van der Waals surface area contributed by atoms with Gasteiger partial charge in [0.1, 0.15) is 5.75 Å². The Morgan fingerprint density at radius 2 is 1.92 bits per heavy atom. The molecule has 1 atom stereocenters. The number of benzene rings is 2. The molecule has 0 spiro atoms. The van der Waals surface area contributed by atoms with Crippen molar-refractivity contribution in [3.05, 3.63) is 48.5 Å². The lowest BCUT2D eigenvalue weighted by Crippen LogP contribution is -2.39. The SMILES string of the molecule is COc1ccc(N2C[C@H](NC(=O)Nc3ccccc3SC)CC2=O)cc1. The maximum absolute atomic E-state index is 12.3. The van der Waals surface area contributed by atoms with E-state index in [9.17, 15) is 9.59 Å². The molecule has 0 saturated carbocycles. The smallest absolute Gasteiger partial charge is 0.319 e. The van der Waals surface area contributed by atoms with Crippen LogP contribution in [-0.4, -0.2) is 37.9 Å². The molecule has 6 nitrogen and oxygen atoms in total. The molecule has 136 valence electrons. The molecule has 26 heavy (non-hydrogen) atoms. The molecule has 3 rings (SSSR count). The molecular formula is C19H21N3O3S. The molecule has 1 saturated heterocycles. The van der Waals surface area contributed by atoms with Crippen LogP contribution >= 0.6 is 11.8 Å². The summed E-state index contributed by atoms with van der Waals surface area (Å²) in [5.74, 6) is 0.729. The van der Waals surface area contributed by atoms with Crippen LogP contribution in [0, 0.1) is 0 Å². The zero-order valence-corrected chi connectivity index (χ0v) is 15.5. The fourth-order valence-corrected chi connectivity index (χ4v) is 3.46. The number of hydrogen-bond acceptors (Lipinski definition) is 4. The van der Waals surface area contributed by atoms with Crippen LogP contribution in [0.4, 0.5) is 16.2 Å². The first-order chi connectivity index (χ1) is 12.6. The Kier molecular flexibility index (Phi) is 5.68. The van der Waals surface area contributed by atoms with Gasteiger partial charge in [0.2, 0.25) is 5.91 Å². The summed E-state index contributed by atoms with van der Waals surface area (Å²) in [5.41, 5.74) is 1.56. The molecule has 2 N–H and O–H groups in total. The van der Waals surface area contributed by atoms with Crippen molar-refractivity contribution < 1.29 is 14.3 Å². The van der Waals surface area contributed by atoms with Gasteiger partial charge in [0.05, 0.1) is 18.8 Å². The van der Waals surface area contributed by atoms with Gasteiger partial charge in [0, 0.05) is 23.5 Å². The normalized spacial score (nSPS) is 16.5. The first kappa shape index (κ1) is 18.1. The molecule has 1 aliphatic heterocycles. The van der Waals surface area contributed by atoms with Gasteiger partial charge in [0.15, 0.2) is 0 Å². The van der Waals surface area contributed by atoms with Crippen molar-refractivity contribution >= 4 is 35.1 Å². The number of ether oxygens (including phenoxy) is 1. The quantitative estimate of drug-likeness (QED) is 0.791. The molecule has 2 aromatic carbocycles. The largest absolute Gasteiger partial charge is 0.497 e. The molecule has 7 heteroatoms. The van der Waals surface area contributed by atoms with Gasteiger partial charge < -0.3 is 20.3 Å². The number of hydrogen-bond donors (Lipinski definition) is 2. The summed E-state index contributed by atoms with van der Waals surface area (Å²) in [6, 6.07) is 14.4. The number of nitrogens with zero attached hydrogens (tertiary/aromatic N) is 1. The van der Waals surface area contributed by atoms with E-state index < -0.39 is 0 Å². The summed E-state index contributed by atoms with van der Waals surface area (Å²) in [6.07, 6.45) is 2.24. The van der Waals surface area contributed by atoms with Crippen LogP contribution in [0.25, 0.3) is 0 Å². The lowest BCUT2D eigenvalue weighted by molar-refractivity contribution is -0.117. The van der Waals surface area contributed by atoms with Crippen LogP contribution in [0.1, 0.15) is 6.42 Å². The van der Waals surface area contributed by atoms with E-state index in [1.165, 1.54) is 0 Å². The van der Waals surface area contributed by atoms with Crippen molar-refractivity contribution in [2.75, 3.05) is 30.1 Å². The number of anilines is 2. The van der Waals surface area contributed by atoms with Crippen molar-refractivity contribution in [3.63, 3.8) is 0 Å². The van der Waals surface area contributed by atoms with Gasteiger partial charge in [-0.1, -0.05) is 12.1 Å². The van der Waals surface area contributed by atoms with Gasteiger partial charge in [-0.25, -0.2) is 4.79 Å². The second-order valence-corrected chi connectivity index (χ2v) is 6.75. The third kappa shape index (κ3) is 4.11. The van der Waals surface area contributed by atoms with Crippen molar-refractivity contribution in [1.82, 2.24) is 5.32 Å². The maximum atomic E-state index is 12.3. The number of methoxy groups -OCH3 is 1. The summed E-state index contributed by atoms with van der Waals surface area (Å²) in [4.78, 5) is 27.3. The average Bonchev–Trinajstić information content (AvgIpc) is 3.02. The number of carbonyl (C=O) groups is 2. The number of urea groups is 1. The Labute approximate surface area is 156 Å². The fraction of sp³-hybridized carbons (Fsp3) is 0.263. The van der Waals surface area contributed by atoms with Gasteiger partial charge in [-0.15, -0.1) is 11.8 Å². The average molecular weight is 371 g/mol. The molecular weight excluding hydrogens is 350 g/mol. The highest BCUT2D eigenvalue weighted by atomic mass is 32.2. The highest BCUT2D eigenvalue weighted by Gasteiger charge is 2.31. The minimum Gasteiger partial charge on any atom is -0.497 e. The van der Waals surface area contributed by atoms with Crippen LogP contribution in [0.3, 0.4) is 0 Å². The third-order valence-corrected chi connectivity index (χ3v) is 5.00. The molecule has 0 aliphatic carbocycles. The van der Waals surface area contributed by atoms with Crippen molar-refractivity contribution in [2.24, 2.45) is 0 Å². The van der Waals surface area contributed by atoms with E-state index in [4.69, 9.17) is 4.74 Å². The monoisotopic (exact) mass is 371 g/mol. The van der Waals surface area contributed by atoms with Crippen LogP contribution < -0.4 is 20.3 Å². The molecule has 0 unspecified atom stereocenters. The first-order valence-electron chi connectivity index (χ1n) is 8.25. The fourth-order valence-electron chi connectivity index (χ4n) is 2.91. The van der Waals surface area contributed by atoms with Gasteiger partial charge >= 0.3 is 6.03 Å². The van der Waals surface area contributed by atoms with Crippen LogP contribution in [0.15, 0.2) is 53.4 Å². The predicted molar refractivity (Wildman–Crippen MR) is 104 cm³/mol. The lowest BCUT2D eigenvalue weighted by Gasteiger charge is -2.18. The summed E-state index contributed by atoms with van der Waals surface area (Å²) >= 11 is 1.57. The molecule has 1 aliphatic rings. The number of thioether (sulfide) groups is 1. The van der Waals surface area contributed by atoms with E-state index in [1.807, 2.05) is 54.8 Å². The molecule has 1 heterocycles. The summed E-state index contributed by atoms with van der Waals surface area (Å²) in [7, 11) is 1.60. The lowest BCUT2D eigenvalue weighted by atomic mass is 10.2. The third-order valence-electron chi connectivity index (χ3n) is 4.20. The first-order valence-corrected chi connectivity index (χ1v) is 9.48. The van der Waals surface area contributed by atoms with Crippen LogP contribution in [0.2, 0.25) is 0 Å². The zero-order valence-electron chi connectivity index (χ0n) is 14.7. The Balaban J connectivity index is 1.60. The van der Waals surface area contributed by atoms with Crippen molar-refractivity contribution in [3.8, 4) is 5.75 Å². The number of rotatable bonds is 5. The second-order valence-electron chi connectivity index (χ2n) is 5.90. The molecule has 1 fully saturated rings. The number of amides is 3. The molecule has 0 radical (unpaired) electrons. The van der Waals surface area contributed by atoms with E-state index in [0.29, 0.717) is 6.54 Å². The molecule has 3 amide bonds. The van der Waals surface area contributed by atoms with E-state index in [1.54, 1.807) is 23.8 Å². The highest BCUT2D eigenvalue weighted by Crippen LogP contribution is 2.26. The maximum Gasteiger partial charge on any atom is 0.319 e. The van der Waals surface area contributed by atoms with E-state index in [-0.39, 0.29) is 24.4 Å². The van der Waals surface area contributed by atoms with Crippen molar-refractivity contribution in [1.29, 1.82) is 0 Å². The zero-order chi connectivity index (χ0) is 18.5. The molecule has 2 aromatic rings. The van der Waals surface area contributed by atoms with Gasteiger partial charge in [-0.2, -0.15) is 0 Å². The van der Waals surface area contributed by atoms with E-state index in [0.717, 1.165) is 22.0 Å². The number of para-hydroxylation sites is 1. The summed E-state index contributed by atoms with van der Waals surface area (Å²) in [5, 5.41) is 5.74. The Morgan fingerprint density at radius 1 is 1.19 bits per heavy atom. The number of carbonyl (C=O) groups excluding carboxylic acids is 2. The van der Waals surface area contributed by atoms with E-state index >= 15 is 0 Å². The molecule has 0 bridgehead atoms. The topological polar surface area (TPSA) is 70.7 Å². The standard InChI is InChI=1S/C19H21N3O3S/c1-25-15-9-7-14(8-10-15)22-12-13(11-18(22)23)20-19(24)21-16-5-3-4-6-17(16)26-2/h3-10,13H,11-12H2,1-2H3,(H2,20,21,24)/t13-/m1/s1. The minimum absolute atomic E-state index is 0.00928. The van der Waals surface area contributed by atoms with Gasteiger partial charge in [0.25, 0.3) is 0 Å². The minimum atomic E-state index is -0.305. The second kappa shape index (κ2) is 8.14. The predicted octanol–water partition coefficient (Wildman–Crippen LogP) is 3.34. The van der Waals surface area contributed by atoms with Crippen LogP contribution in [-0.2, 0) is 4.79 Å². The highest BCUT2D eigenvalue weighted by molar-refractivity contribution is 7.98. The van der Waals surface area contributed by atoms with Gasteiger partial charge in [-0.05, 0) is 42.7 Å². The Morgan fingerprint density at radius 3 is 2.62 bits per heavy atom. The Bertz CT molecular complexity index is 795. The summed E-state index contributed by atoms with van der Waals surface area (Å²) < 4.78 is 5.14. The van der Waals surface area contributed by atoms with Gasteiger partial charge in [-0.3, -0.25) is 4.79 Å². The number of nitrogens with one attached hydrogen (secondary N) is 2. The Hall–Kier alpha value is -2.67.